The Hall–Kier alpha value is 0.0500. The summed E-state index contributed by atoms with van der Waals surface area (Å²) in [5.41, 5.74) is 0. The predicted octanol–water partition coefficient (Wildman–Crippen LogP) is 3.15. The Morgan fingerprint density at radius 1 is 1.05 bits per heavy atom. The standard InChI is InChI=1S/C14H21BrN2O2S2/c15-13-6-7-14(20-13)21(18,19)17-10-8-16(9-11-17)12-4-2-1-3-5-12/h6-7,12H,1-5,8-11H2. The highest BCUT2D eigenvalue weighted by Gasteiger charge is 2.32. The van der Waals surface area contributed by atoms with E-state index in [0.717, 1.165) is 16.9 Å². The van der Waals surface area contributed by atoms with E-state index in [2.05, 4.69) is 20.8 Å². The number of halogens is 1. The Kier molecular flexibility index (Phi) is 5.05. The number of nitrogens with zero attached hydrogens (tertiary/aromatic N) is 2. The van der Waals surface area contributed by atoms with Crippen molar-refractivity contribution < 1.29 is 8.42 Å². The van der Waals surface area contributed by atoms with E-state index in [1.165, 1.54) is 43.4 Å². The van der Waals surface area contributed by atoms with Crippen LogP contribution in [0.1, 0.15) is 32.1 Å². The highest BCUT2D eigenvalue weighted by atomic mass is 79.9. The van der Waals surface area contributed by atoms with E-state index in [9.17, 15) is 8.42 Å². The zero-order valence-corrected chi connectivity index (χ0v) is 15.2. The van der Waals surface area contributed by atoms with Crippen LogP contribution in [0.15, 0.2) is 20.1 Å². The molecule has 1 aliphatic carbocycles. The van der Waals surface area contributed by atoms with Gasteiger partial charge in [0.25, 0.3) is 10.0 Å². The fourth-order valence-corrected chi connectivity index (χ4v) is 6.91. The van der Waals surface area contributed by atoms with Crippen molar-refractivity contribution in [3.05, 3.63) is 15.9 Å². The van der Waals surface area contributed by atoms with Gasteiger partial charge in [0, 0.05) is 32.2 Å². The average molecular weight is 393 g/mol. The molecule has 7 heteroatoms. The number of piperazine rings is 1. The van der Waals surface area contributed by atoms with Crippen molar-refractivity contribution in [3.63, 3.8) is 0 Å². The van der Waals surface area contributed by atoms with Crippen LogP contribution in [-0.4, -0.2) is 49.8 Å². The van der Waals surface area contributed by atoms with E-state index in [-0.39, 0.29) is 0 Å². The fourth-order valence-electron chi connectivity index (χ4n) is 3.32. The van der Waals surface area contributed by atoms with Gasteiger partial charge in [-0.3, -0.25) is 4.90 Å². The molecule has 1 aliphatic heterocycles. The zero-order chi connectivity index (χ0) is 14.9. The second-order valence-corrected chi connectivity index (χ2v) is 10.4. The molecule has 0 bridgehead atoms. The molecular formula is C14H21BrN2O2S2. The van der Waals surface area contributed by atoms with E-state index < -0.39 is 10.0 Å². The van der Waals surface area contributed by atoms with Gasteiger partial charge in [0.05, 0.1) is 3.79 Å². The van der Waals surface area contributed by atoms with Crippen LogP contribution in [0.2, 0.25) is 0 Å². The first-order valence-electron chi connectivity index (χ1n) is 7.57. The number of thiophene rings is 1. The molecule has 21 heavy (non-hydrogen) atoms. The third kappa shape index (κ3) is 3.52. The van der Waals surface area contributed by atoms with Crippen molar-refractivity contribution in [2.45, 2.75) is 42.4 Å². The summed E-state index contributed by atoms with van der Waals surface area (Å²) in [6.45, 7) is 2.98. The summed E-state index contributed by atoms with van der Waals surface area (Å²) < 4.78 is 28.1. The Morgan fingerprint density at radius 3 is 2.29 bits per heavy atom. The first-order valence-corrected chi connectivity index (χ1v) is 10.6. The summed E-state index contributed by atoms with van der Waals surface area (Å²) in [6, 6.07) is 4.17. The number of sulfonamides is 1. The van der Waals surface area contributed by atoms with E-state index in [1.54, 1.807) is 16.4 Å². The summed E-state index contributed by atoms with van der Waals surface area (Å²) in [5, 5.41) is 0. The maximum absolute atomic E-state index is 12.6. The molecule has 1 aromatic heterocycles. The summed E-state index contributed by atoms with van der Waals surface area (Å²) in [4.78, 5) is 2.50. The number of rotatable bonds is 3. The van der Waals surface area contributed by atoms with Crippen LogP contribution in [0.4, 0.5) is 0 Å². The van der Waals surface area contributed by atoms with E-state index in [4.69, 9.17) is 0 Å². The molecule has 2 aliphatic rings. The predicted molar refractivity (Wildman–Crippen MR) is 89.2 cm³/mol. The summed E-state index contributed by atoms with van der Waals surface area (Å²) in [6.07, 6.45) is 6.58. The average Bonchev–Trinajstić information content (AvgIpc) is 2.96. The quantitative estimate of drug-likeness (QED) is 0.792. The molecule has 1 aromatic rings. The molecule has 0 spiro atoms. The molecule has 2 heterocycles. The van der Waals surface area contributed by atoms with Crippen LogP contribution in [0.25, 0.3) is 0 Å². The smallest absolute Gasteiger partial charge is 0.252 e. The molecular weight excluding hydrogens is 372 g/mol. The highest BCUT2D eigenvalue weighted by molar-refractivity contribution is 9.11. The molecule has 118 valence electrons. The van der Waals surface area contributed by atoms with E-state index in [1.807, 2.05) is 0 Å². The topological polar surface area (TPSA) is 40.6 Å². The Morgan fingerprint density at radius 2 is 1.71 bits per heavy atom. The van der Waals surface area contributed by atoms with Gasteiger partial charge < -0.3 is 0 Å². The van der Waals surface area contributed by atoms with Crippen molar-refractivity contribution >= 4 is 37.3 Å². The molecule has 3 rings (SSSR count). The van der Waals surface area contributed by atoms with E-state index >= 15 is 0 Å². The van der Waals surface area contributed by atoms with Crippen LogP contribution in [0.5, 0.6) is 0 Å². The summed E-state index contributed by atoms with van der Waals surface area (Å²) in [5.74, 6) is 0. The lowest BCUT2D eigenvalue weighted by Gasteiger charge is -2.40. The third-order valence-electron chi connectivity index (χ3n) is 4.51. The third-order valence-corrected chi connectivity index (χ3v) is 8.50. The van der Waals surface area contributed by atoms with Crippen LogP contribution in [0, 0.1) is 0 Å². The van der Waals surface area contributed by atoms with Crippen LogP contribution >= 0.6 is 27.3 Å². The Bertz CT molecular complexity index is 574. The molecule has 0 N–H and O–H groups in total. The van der Waals surface area contributed by atoms with Gasteiger partial charge >= 0.3 is 0 Å². The van der Waals surface area contributed by atoms with Crippen LogP contribution in [0.3, 0.4) is 0 Å². The first kappa shape index (κ1) is 15.9. The first-order chi connectivity index (χ1) is 10.1. The number of hydrogen-bond donors (Lipinski definition) is 0. The molecule has 0 atom stereocenters. The summed E-state index contributed by atoms with van der Waals surface area (Å²) >= 11 is 4.63. The van der Waals surface area contributed by atoms with Gasteiger partial charge in [-0.1, -0.05) is 19.3 Å². The second-order valence-electron chi connectivity index (χ2n) is 5.79. The lowest BCUT2D eigenvalue weighted by molar-refractivity contribution is 0.111. The van der Waals surface area contributed by atoms with Gasteiger partial charge in [0.15, 0.2) is 0 Å². The van der Waals surface area contributed by atoms with Crippen molar-refractivity contribution in [2.24, 2.45) is 0 Å². The lowest BCUT2D eigenvalue weighted by Crippen LogP contribution is -2.52. The second kappa shape index (κ2) is 6.66. The van der Waals surface area contributed by atoms with Gasteiger partial charge in [-0.15, -0.1) is 11.3 Å². The molecule has 1 saturated heterocycles. The molecule has 0 radical (unpaired) electrons. The number of hydrogen-bond acceptors (Lipinski definition) is 4. The van der Waals surface area contributed by atoms with Crippen LogP contribution in [-0.2, 0) is 10.0 Å². The maximum Gasteiger partial charge on any atom is 0.252 e. The lowest BCUT2D eigenvalue weighted by atomic mass is 9.94. The molecule has 0 amide bonds. The van der Waals surface area contributed by atoms with Gasteiger partial charge in [-0.2, -0.15) is 4.31 Å². The fraction of sp³-hybridized carbons (Fsp3) is 0.714. The van der Waals surface area contributed by atoms with Gasteiger partial charge in [-0.25, -0.2) is 8.42 Å². The molecule has 0 unspecified atom stereocenters. The minimum Gasteiger partial charge on any atom is -0.298 e. The normalized spacial score (nSPS) is 23.5. The molecule has 2 fully saturated rings. The minimum atomic E-state index is -3.30. The van der Waals surface area contributed by atoms with Crippen molar-refractivity contribution in [1.29, 1.82) is 0 Å². The molecule has 1 saturated carbocycles. The molecule has 0 aromatic carbocycles. The summed E-state index contributed by atoms with van der Waals surface area (Å²) in [7, 11) is -3.30. The highest BCUT2D eigenvalue weighted by Crippen LogP contribution is 2.30. The molecule has 4 nitrogen and oxygen atoms in total. The van der Waals surface area contributed by atoms with Gasteiger partial charge in [-0.05, 0) is 40.9 Å². The van der Waals surface area contributed by atoms with Crippen molar-refractivity contribution in [3.8, 4) is 0 Å². The monoisotopic (exact) mass is 392 g/mol. The Balaban J connectivity index is 1.62. The van der Waals surface area contributed by atoms with Gasteiger partial charge in [0.2, 0.25) is 0 Å². The Labute approximate surface area is 139 Å². The van der Waals surface area contributed by atoms with E-state index in [0.29, 0.717) is 23.3 Å². The van der Waals surface area contributed by atoms with Crippen molar-refractivity contribution in [1.82, 2.24) is 9.21 Å². The minimum absolute atomic E-state index is 0.445. The SMILES string of the molecule is O=S(=O)(c1ccc(Br)s1)N1CCN(C2CCCCC2)CC1. The largest absolute Gasteiger partial charge is 0.298 e. The maximum atomic E-state index is 12.6. The zero-order valence-electron chi connectivity index (χ0n) is 12.0. The van der Waals surface area contributed by atoms with Crippen LogP contribution < -0.4 is 0 Å². The van der Waals surface area contributed by atoms with Gasteiger partial charge in [0.1, 0.15) is 4.21 Å². The van der Waals surface area contributed by atoms with Crippen molar-refractivity contribution in [2.75, 3.05) is 26.2 Å².